The fourth-order valence-electron chi connectivity index (χ4n) is 2.05. The van der Waals surface area contributed by atoms with Crippen LogP contribution in [0.5, 0.6) is 0 Å². The lowest BCUT2D eigenvalue weighted by atomic mass is 10.1. The summed E-state index contributed by atoms with van der Waals surface area (Å²) in [4.78, 5) is 26.1. The zero-order valence-electron chi connectivity index (χ0n) is 11.0. The van der Waals surface area contributed by atoms with Gasteiger partial charge in [-0.1, -0.05) is 0 Å². The molecule has 108 valence electrons. The van der Waals surface area contributed by atoms with Crippen LogP contribution in [-0.2, 0) is 11.2 Å². The van der Waals surface area contributed by atoms with E-state index in [1.807, 2.05) is 22.9 Å². The van der Waals surface area contributed by atoms with Crippen LogP contribution in [-0.4, -0.2) is 10.9 Å². The average molecular weight is 321 g/mol. The smallest absolute Gasteiger partial charge is 0.255 e. The van der Waals surface area contributed by atoms with Crippen LogP contribution in [0.2, 0.25) is 0 Å². The van der Waals surface area contributed by atoms with Gasteiger partial charge in [0, 0.05) is 17.3 Å². The highest BCUT2D eigenvalue weighted by molar-refractivity contribution is 7.08. The van der Waals surface area contributed by atoms with Gasteiger partial charge in [0.2, 0.25) is 5.91 Å². The first-order valence-corrected chi connectivity index (χ1v) is 7.09. The van der Waals surface area contributed by atoms with Crippen LogP contribution >= 0.6 is 23.7 Å². The van der Waals surface area contributed by atoms with Crippen molar-refractivity contribution in [1.82, 2.24) is 4.98 Å². The molecule has 2 aromatic heterocycles. The molecule has 0 aliphatic carbocycles. The second-order valence-electron chi connectivity index (χ2n) is 4.47. The Labute approximate surface area is 131 Å². The second-order valence-corrected chi connectivity index (χ2v) is 5.25. The summed E-state index contributed by atoms with van der Waals surface area (Å²) < 4.78 is 0. The molecule has 3 aromatic rings. The number of halogens is 1. The number of carbonyl (C=O) groups excluding carboxylic acids is 1. The number of hydrogen-bond donors (Lipinski definition) is 2. The molecule has 2 N–H and O–H groups in total. The van der Waals surface area contributed by atoms with Gasteiger partial charge in [-0.3, -0.25) is 9.59 Å². The molecule has 1 aromatic carbocycles. The van der Waals surface area contributed by atoms with Gasteiger partial charge in [0.25, 0.3) is 5.56 Å². The molecule has 0 fully saturated rings. The normalized spacial score (nSPS) is 10.1. The molecule has 0 unspecified atom stereocenters. The number of thiophene rings is 1. The number of aromatic nitrogens is 1. The summed E-state index contributed by atoms with van der Waals surface area (Å²) in [6.07, 6.45) is 1.96. The maximum atomic E-state index is 11.9. The third kappa shape index (κ3) is 3.51. The molecule has 0 bridgehead atoms. The first kappa shape index (κ1) is 15.3. The fraction of sp³-hybridized carbons (Fsp3) is 0.0667. The van der Waals surface area contributed by atoms with Crippen molar-refractivity contribution in [1.29, 1.82) is 0 Å². The van der Waals surface area contributed by atoms with Gasteiger partial charge in [0.05, 0.1) is 6.42 Å². The summed E-state index contributed by atoms with van der Waals surface area (Å²) in [7, 11) is 0. The Morgan fingerprint density at radius 1 is 1.24 bits per heavy atom. The molecule has 3 rings (SSSR count). The summed E-state index contributed by atoms with van der Waals surface area (Å²) >= 11 is 1.57. The van der Waals surface area contributed by atoms with Gasteiger partial charge in [-0.15, -0.1) is 12.4 Å². The van der Waals surface area contributed by atoms with Crippen molar-refractivity contribution < 1.29 is 4.79 Å². The van der Waals surface area contributed by atoms with Crippen LogP contribution in [0, 0.1) is 0 Å². The summed E-state index contributed by atoms with van der Waals surface area (Å²) in [6, 6.07) is 9.00. The molecule has 6 heteroatoms. The van der Waals surface area contributed by atoms with Crippen LogP contribution in [0.1, 0.15) is 5.56 Å². The molecule has 0 aliphatic heterocycles. The van der Waals surface area contributed by atoms with E-state index in [4.69, 9.17) is 0 Å². The molecule has 0 saturated carbocycles. The molecule has 0 radical (unpaired) electrons. The minimum Gasteiger partial charge on any atom is -0.329 e. The van der Waals surface area contributed by atoms with E-state index >= 15 is 0 Å². The quantitative estimate of drug-likeness (QED) is 0.778. The van der Waals surface area contributed by atoms with Gasteiger partial charge in [-0.2, -0.15) is 11.3 Å². The Bertz CT molecular complexity index is 812. The zero-order valence-corrected chi connectivity index (χ0v) is 12.6. The highest BCUT2D eigenvalue weighted by atomic mass is 35.5. The van der Waals surface area contributed by atoms with E-state index in [0.29, 0.717) is 17.5 Å². The van der Waals surface area contributed by atoms with Crippen molar-refractivity contribution in [2.75, 3.05) is 5.32 Å². The number of anilines is 1. The van der Waals surface area contributed by atoms with Crippen molar-refractivity contribution in [3.8, 4) is 0 Å². The number of H-pyrrole nitrogens is 1. The zero-order chi connectivity index (χ0) is 13.9. The lowest BCUT2D eigenvalue weighted by Crippen LogP contribution is -2.14. The minimum atomic E-state index is -0.126. The molecule has 2 heterocycles. The van der Waals surface area contributed by atoms with Gasteiger partial charge < -0.3 is 10.3 Å². The van der Waals surface area contributed by atoms with Crippen LogP contribution in [0.4, 0.5) is 5.69 Å². The Morgan fingerprint density at radius 2 is 2.10 bits per heavy atom. The SMILES string of the molecule is Cl.O=C(Cc1ccsc1)Nc1ccc2c(=O)[nH]ccc2c1. The van der Waals surface area contributed by atoms with E-state index in [1.54, 1.807) is 35.7 Å². The number of pyridine rings is 1. The number of aromatic amines is 1. The van der Waals surface area contributed by atoms with Crippen molar-refractivity contribution >= 4 is 46.1 Å². The molecule has 0 saturated heterocycles. The highest BCUT2D eigenvalue weighted by Gasteiger charge is 2.05. The van der Waals surface area contributed by atoms with E-state index in [0.717, 1.165) is 10.9 Å². The van der Waals surface area contributed by atoms with Crippen LogP contribution in [0.25, 0.3) is 10.8 Å². The maximum absolute atomic E-state index is 11.9. The third-order valence-corrected chi connectivity index (χ3v) is 3.73. The average Bonchev–Trinajstić information content (AvgIpc) is 2.91. The molecule has 1 amide bonds. The summed E-state index contributed by atoms with van der Waals surface area (Å²) in [6.45, 7) is 0. The van der Waals surface area contributed by atoms with Gasteiger partial charge in [-0.25, -0.2) is 0 Å². The Morgan fingerprint density at radius 3 is 2.86 bits per heavy atom. The summed E-state index contributed by atoms with van der Waals surface area (Å²) in [5, 5.41) is 8.17. The van der Waals surface area contributed by atoms with Crippen molar-refractivity contribution in [3.63, 3.8) is 0 Å². The second kappa shape index (κ2) is 6.56. The Kier molecular flexibility index (Phi) is 4.77. The highest BCUT2D eigenvalue weighted by Crippen LogP contribution is 2.16. The standard InChI is InChI=1S/C15H12N2O2S.ClH/c18-14(7-10-4-6-20-9-10)17-12-1-2-13-11(8-12)3-5-16-15(13)19;/h1-6,8-9H,7H2,(H,16,19)(H,17,18);1H. The topological polar surface area (TPSA) is 62.0 Å². The predicted octanol–water partition coefficient (Wildman–Crippen LogP) is 3.19. The maximum Gasteiger partial charge on any atom is 0.255 e. The monoisotopic (exact) mass is 320 g/mol. The predicted molar refractivity (Wildman–Crippen MR) is 88.5 cm³/mol. The summed E-state index contributed by atoms with van der Waals surface area (Å²) in [5.74, 6) is -0.0624. The van der Waals surface area contributed by atoms with Gasteiger partial charge in [0.15, 0.2) is 0 Å². The lowest BCUT2D eigenvalue weighted by Gasteiger charge is -2.05. The number of carbonyl (C=O) groups is 1. The number of nitrogens with one attached hydrogen (secondary N) is 2. The van der Waals surface area contributed by atoms with Crippen molar-refractivity contribution in [2.24, 2.45) is 0 Å². The molecular weight excluding hydrogens is 308 g/mol. The number of rotatable bonds is 3. The first-order chi connectivity index (χ1) is 9.72. The molecule has 21 heavy (non-hydrogen) atoms. The molecule has 0 spiro atoms. The largest absolute Gasteiger partial charge is 0.329 e. The van der Waals surface area contributed by atoms with Gasteiger partial charge in [0.1, 0.15) is 0 Å². The van der Waals surface area contributed by atoms with Crippen molar-refractivity contribution in [2.45, 2.75) is 6.42 Å². The minimum absolute atomic E-state index is 0. The van der Waals surface area contributed by atoms with E-state index in [-0.39, 0.29) is 23.9 Å². The number of benzene rings is 1. The van der Waals surface area contributed by atoms with E-state index in [2.05, 4.69) is 10.3 Å². The van der Waals surface area contributed by atoms with Crippen LogP contribution in [0.3, 0.4) is 0 Å². The van der Waals surface area contributed by atoms with Gasteiger partial charge >= 0.3 is 0 Å². The molecule has 0 aliphatic rings. The molecule has 4 nitrogen and oxygen atoms in total. The number of amides is 1. The van der Waals surface area contributed by atoms with Crippen LogP contribution in [0.15, 0.2) is 52.1 Å². The number of fused-ring (bicyclic) bond motifs is 1. The Balaban J connectivity index is 0.00000161. The van der Waals surface area contributed by atoms with E-state index in [9.17, 15) is 9.59 Å². The third-order valence-electron chi connectivity index (χ3n) is 3.00. The van der Waals surface area contributed by atoms with E-state index < -0.39 is 0 Å². The van der Waals surface area contributed by atoms with Crippen molar-refractivity contribution in [3.05, 3.63) is 63.2 Å². The van der Waals surface area contributed by atoms with E-state index in [1.165, 1.54) is 0 Å². The fourth-order valence-corrected chi connectivity index (χ4v) is 2.72. The van der Waals surface area contributed by atoms with Gasteiger partial charge in [-0.05, 0) is 52.0 Å². The number of hydrogen-bond acceptors (Lipinski definition) is 3. The lowest BCUT2D eigenvalue weighted by molar-refractivity contribution is -0.115. The Hall–Kier alpha value is -2.11. The van der Waals surface area contributed by atoms with Crippen LogP contribution < -0.4 is 10.9 Å². The molecular formula is C15H13ClN2O2S. The molecule has 0 atom stereocenters. The summed E-state index contributed by atoms with van der Waals surface area (Å²) in [5.41, 5.74) is 1.58. The first-order valence-electron chi connectivity index (χ1n) is 6.15.